The van der Waals surface area contributed by atoms with Crippen LogP contribution in [0.5, 0.6) is 0 Å². The van der Waals surface area contributed by atoms with Gasteiger partial charge >= 0.3 is 0 Å². The summed E-state index contributed by atoms with van der Waals surface area (Å²) < 4.78 is 0. The van der Waals surface area contributed by atoms with Crippen molar-refractivity contribution in [1.82, 2.24) is 15.1 Å². The lowest BCUT2D eigenvalue weighted by Crippen LogP contribution is -2.51. The Morgan fingerprint density at radius 3 is 2.00 bits per heavy atom. The zero-order valence-corrected chi connectivity index (χ0v) is 23.2. The molecule has 1 fully saturated rings. The minimum atomic E-state index is 0.863. The summed E-state index contributed by atoms with van der Waals surface area (Å²) >= 11 is 5.50. The molecule has 4 heteroatoms. The second-order valence-electron chi connectivity index (χ2n) is 10.9. The third-order valence-electron chi connectivity index (χ3n) is 7.02. The molecule has 0 spiro atoms. The highest BCUT2D eigenvalue weighted by atomic mass is 32.1. The van der Waals surface area contributed by atoms with Crippen molar-refractivity contribution in [3.63, 3.8) is 0 Å². The Morgan fingerprint density at radius 1 is 0.875 bits per heavy atom. The van der Waals surface area contributed by atoms with Gasteiger partial charge in [-0.1, -0.05) is 91.2 Å². The van der Waals surface area contributed by atoms with Gasteiger partial charge in [0.2, 0.25) is 0 Å². The molecule has 3 nitrogen and oxygen atoms in total. The van der Waals surface area contributed by atoms with Gasteiger partial charge in [-0.2, -0.15) is 0 Å². The van der Waals surface area contributed by atoms with E-state index in [9.17, 15) is 0 Å². The first kappa shape index (κ1) is 29.4. The predicted octanol–water partition coefficient (Wildman–Crippen LogP) is 7.27. The van der Waals surface area contributed by atoms with Crippen LogP contribution in [0.2, 0.25) is 0 Å². The molecular weight excluding hydrogens is 410 g/mol. The molecule has 1 N–H and O–H groups in total. The van der Waals surface area contributed by atoms with Gasteiger partial charge in [-0.05, 0) is 56.2 Å². The van der Waals surface area contributed by atoms with Gasteiger partial charge < -0.3 is 10.2 Å². The first-order valence-electron chi connectivity index (χ1n) is 13.7. The van der Waals surface area contributed by atoms with Gasteiger partial charge in [0.1, 0.15) is 0 Å². The molecule has 0 saturated carbocycles. The highest BCUT2D eigenvalue weighted by Gasteiger charge is 2.17. The van der Waals surface area contributed by atoms with Crippen LogP contribution in [0.15, 0.2) is 11.6 Å². The first-order valence-corrected chi connectivity index (χ1v) is 14.1. The van der Waals surface area contributed by atoms with Crippen LogP contribution in [0.1, 0.15) is 106 Å². The number of hydrogen-bond donors (Lipinski definition) is 1. The molecular formula is C28H55N3S. The van der Waals surface area contributed by atoms with Gasteiger partial charge in [-0.25, -0.2) is 0 Å². The highest BCUT2D eigenvalue weighted by molar-refractivity contribution is 7.80. The van der Waals surface area contributed by atoms with Crippen LogP contribution >= 0.6 is 12.2 Å². The number of nitrogens with zero attached hydrogens (tertiary/aromatic N) is 2. The molecule has 0 aromatic heterocycles. The van der Waals surface area contributed by atoms with E-state index in [0.29, 0.717) is 0 Å². The molecule has 188 valence electrons. The number of nitrogens with one attached hydrogen (secondary N) is 1. The lowest BCUT2D eigenvalue weighted by atomic mass is 9.91. The molecule has 1 rings (SSSR count). The summed E-state index contributed by atoms with van der Waals surface area (Å²) in [5, 5.41) is 4.29. The zero-order chi connectivity index (χ0) is 23.8. The second-order valence-corrected chi connectivity index (χ2v) is 11.3. The number of piperazine rings is 1. The monoisotopic (exact) mass is 465 g/mol. The molecule has 2 unspecified atom stereocenters. The fourth-order valence-corrected chi connectivity index (χ4v) is 4.86. The van der Waals surface area contributed by atoms with Gasteiger partial charge in [0.25, 0.3) is 0 Å². The summed E-state index contributed by atoms with van der Waals surface area (Å²) in [6, 6.07) is 0. The van der Waals surface area contributed by atoms with Crippen LogP contribution in [-0.2, 0) is 0 Å². The molecule has 0 aromatic rings. The molecule has 0 aliphatic carbocycles. The van der Waals surface area contributed by atoms with Crippen molar-refractivity contribution in [1.29, 1.82) is 0 Å². The van der Waals surface area contributed by atoms with Crippen molar-refractivity contribution >= 4 is 17.3 Å². The summed E-state index contributed by atoms with van der Waals surface area (Å²) in [5.41, 5.74) is 1.57. The number of allylic oxidation sites excluding steroid dienone is 1. The Balaban J connectivity index is 2.08. The second kappa shape index (κ2) is 17.8. The largest absolute Gasteiger partial charge is 0.363 e. The van der Waals surface area contributed by atoms with Crippen molar-refractivity contribution in [3.05, 3.63) is 11.6 Å². The lowest BCUT2D eigenvalue weighted by Gasteiger charge is -2.35. The predicted molar refractivity (Wildman–Crippen MR) is 147 cm³/mol. The standard InChI is InChI=1S/C28H55N3S/c1-7-18-29-28(32)31-22-20-30(21-23-31)19-17-27(6)16-10-15-26(5)14-9-13-25(4)12-8-11-24(2)3/h17,24-26H,7-16,18-23H2,1-6H3,(H,29,32)/b27-17+. The van der Waals surface area contributed by atoms with Crippen LogP contribution in [0.25, 0.3) is 0 Å². The lowest BCUT2D eigenvalue weighted by molar-refractivity contribution is 0.196. The van der Waals surface area contributed by atoms with E-state index in [2.05, 4.69) is 62.7 Å². The van der Waals surface area contributed by atoms with Crippen molar-refractivity contribution in [2.24, 2.45) is 17.8 Å². The van der Waals surface area contributed by atoms with Gasteiger partial charge in [-0.15, -0.1) is 0 Å². The number of thiocarbonyl (C=S) groups is 1. The average Bonchev–Trinajstić information content (AvgIpc) is 2.76. The molecule has 1 heterocycles. The summed E-state index contributed by atoms with van der Waals surface area (Å²) in [6.07, 6.45) is 16.1. The maximum atomic E-state index is 5.50. The van der Waals surface area contributed by atoms with Crippen molar-refractivity contribution in [2.45, 2.75) is 106 Å². The summed E-state index contributed by atoms with van der Waals surface area (Å²) in [5.74, 6) is 2.65. The van der Waals surface area contributed by atoms with Crippen LogP contribution in [0, 0.1) is 17.8 Å². The smallest absolute Gasteiger partial charge is 0.169 e. The first-order chi connectivity index (χ1) is 15.3. The van der Waals surface area contributed by atoms with Crippen molar-refractivity contribution in [3.8, 4) is 0 Å². The van der Waals surface area contributed by atoms with Crippen LogP contribution in [0.3, 0.4) is 0 Å². The molecule has 0 bridgehead atoms. The van der Waals surface area contributed by atoms with E-state index in [1.807, 2.05) is 0 Å². The Hall–Kier alpha value is -0.610. The normalized spacial score (nSPS) is 17.6. The Morgan fingerprint density at radius 2 is 1.44 bits per heavy atom. The SMILES string of the molecule is CCCNC(=S)N1CCN(C/C=C(\C)CCCC(C)CCCC(C)CCCC(C)C)CC1. The molecule has 1 aliphatic heterocycles. The highest BCUT2D eigenvalue weighted by Crippen LogP contribution is 2.22. The summed E-state index contributed by atoms with van der Waals surface area (Å²) in [6.45, 7) is 20.5. The third-order valence-corrected chi connectivity index (χ3v) is 7.43. The van der Waals surface area contributed by atoms with Crippen LogP contribution < -0.4 is 5.32 Å². The molecule has 2 atom stereocenters. The van der Waals surface area contributed by atoms with Gasteiger partial charge in [0, 0.05) is 39.3 Å². The fourth-order valence-electron chi connectivity index (χ4n) is 4.57. The quantitative estimate of drug-likeness (QED) is 0.191. The van der Waals surface area contributed by atoms with E-state index in [1.54, 1.807) is 5.57 Å². The van der Waals surface area contributed by atoms with Crippen LogP contribution in [0.4, 0.5) is 0 Å². The number of rotatable bonds is 16. The number of hydrogen-bond acceptors (Lipinski definition) is 2. The van der Waals surface area contributed by atoms with Gasteiger partial charge in [-0.3, -0.25) is 4.90 Å². The van der Waals surface area contributed by atoms with Crippen molar-refractivity contribution in [2.75, 3.05) is 39.3 Å². The molecule has 1 saturated heterocycles. The van der Waals surface area contributed by atoms with Gasteiger partial charge in [0.15, 0.2) is 5.11 Å². The molecule has 0 amide bonds. The maximum absolute atomic E-state index is 5.50. The molecule has 32 heavy (non-hydrogen) atoms. The Kier molecular flexibility index (Phi) is 16.4. The zero-order valence-electron chi connectivity index (χ0n) is 22.4. The van der Waals surface area contributed by atoms with Gasteiger partial charge in [0.05, 0.1) is 0 Å². The minimum absolute atomic E-state index is 0.863. The fraction of sp³-hybridized carbons (Fsp3) is 0.893. The van der Waals surface area contributed by atoms with E-state index < -0.39 is 0 Å². The van der Waals surface area contributed by atoms with E-state index in [0.717, 1.165) is 68.6 Å². The summed E-state index contributed by atoms with van der Waals surface area (Å²) in [7, 11) is 0. The molecule has 0 radical (unpaired) electrons. The molecule has 0 aromatic carbocycles. The maximum Gasteiger partial charge on any atom is 0.169 e. The topological polar surface area (TPSA) is 18.5 Å². The van der Waals surface area contributed by atoms with E-state index >= 15 is 0 Å². The molecule has 1 aliphatic rings. The Labute approximate surface area is 206 Å². The van der Waals surface area contributed by atoms with E-state index in [1.165, 1.54) is 57.8 Å². The van der Waals surface area contributed by atoms with Crippen molar-refractivity contribution < 1.29 is 0 Å². The van der Waals surface area contributed by atoms with E-state index in [4.69, 9.17) is 12.2 Å². The minimum Gasteiger partial charge on any atom is -0.363 e. The average molecular weight is 466 g/mol. The third kappa shape index (κ3) is 14.5. The summed E-state index contributed by atoms with van der Waals surface area (Å²) in [4.78, 5) is 4.89. The Bertz CT molecular complexity index is 509. The van der Waals surface area contributed by atoms with Crippen LogP contribution in [-0.4, -0.2) is 54.2 Å². The van der Waals surface area contributed by atoms with E-state index in [-0.39, 0.29) is 0 Å².